The Kier molecular flexibility index (Phi) is 1.93. The van der Waals surface area contributed by atoms with Gasteiger partial charge in [-0.1, -0.05) is 12.1 Å². The number of aromatic nitrogens is 1. The number of aryl methyl sites for hydroxylation is 1. The second kappa shape index (κ2) is 3.10. The predicted molar refractivity (Wildman–Crippen MR) is 53.4 cm³/mol. The highest BCUT2D eigenvalue weighted by Gasteiger charge is 2.08. The summed E-state index contributed by atoms with van der Waals surface area (Å²) in [7, 11) is 0. The van der Waals surface area contributed by atoms with E-state index in [1.165, 1.54) is 0 Å². The van der Waals surface area contributed by atoms with Crippen molar-refractivity contribution in [3.63, 3.8) is 0 Å². The van der Waals surface area contributed by atoms with E-state index in [2.05, 4.69) is 4.98 Å². The molecule has 0 atom stereocenters. The van der Waals surface area contributed by atoms with Crippen molar-refractivity contribution < 1.29 is 9.90 Å². The third-order valence-electron chi connectivity index (χ3n) is 2.08. The number of para-hydroxylation sites is 1. The number of nitrogens with zero attached hydrogens (tertiary/aromatic N) is 1. The summed E-state index contributed by atoms with van der Waals surface area (Å²) in [6, 6.07) is 7.08. The van der Waals surface area contributed by atoms with E-state index in [1.54, 1.807) is 18.3 Å². The zero-order chi connectivity index (χ0) is 10.1. The van der Waals surface area contributed by atoms with Crippen LogP contribution in [0.25, 0.3) is 10.9 Å². The number of carbonyl (C=O) groups is 1. The maximum atomic E-state index is 10.9. The molecule has 0 radical (unpaired) electrons. The van der Waals surface area contributed by atoms with E-state index in [-0.39, 0.29) is 5.56 Å². The average Bonchev–Trinajstić information content (AvgIpc) is 2.16. The molecule has 3 heteroatoms. The topological polar surface area (TPSA) is 50.2 Å². The van der Waals surface area contributed by atoms with Crippen molar-refractivity contribution >= 4 is 16.9 Å². The van der Waals surface area contributed by atoms with Gasteiger partial charge in [0.15, 0.2) is 0 Å². The number of hydrogen-bond acceptors (Lipinski definition) is 2. The van der Waals surface area contributed by atoms with Crippen LogP contribution in [0, 0.1) is 6.92 Å². The zero-order valence-corrected chi connectivity index (χ0v) is 7.69. The molecule has 0 bridgehead atoms. The van der Waals surface area contributed by atoms with E-state index in [9.17, 15) is 4.79 Å². The van der Waals surface area contributed by atoms with Crippen molar-refractivity contribution in [2.75, 3.05) is 0 Å². The highest BCUT2D eigenvalue weighted by Crippen LogP contribution is 2.17. The summed E-state index contributed by atoms with van der Waals surface area (Å²) >= 11 is 0. The second-order valence-electron chi connectivity index (χ2n) is 3.20. The summed E-state index contributed by atoms with van der Waals surface area (Å²) in [5.74, 6) is -0.938. The van der Waals surface area contributed by atoms with Crippen LogP contribution in [0.5, 0.6) is 0 Å². The van der Waals surface area contributed by atoms with Crippen LogP contribution in [0.4, 0.5) is 0 Å². The summed E-state index contributed by atoms with van der Waals surface area (Å²) in [4.78, 5) is 15.0. The molecule has 0 fully saturated rings. The third kappa shape index (κ3) is 1.33. The number of pyridine rings is 1. The minimum atomic E-state index is -0.938. The molecule has 3 nitrogen and oxygen atoms in total. The minimum absolute atomic E-state index is 0.252. The van der Waals surface area contributed by atoms with E-state index in [0.29, 0.717) is 5.52 Å². The van der Waals surface area contributed by atoms with Crippen LogP contribution in [0.1, 0.15) is 15.9 Å². The maximum Gasteiger partial charge on any atom is 0.337 e. The maximum absolute atomic E-state index is 10.9. The molecule has 0 unspecified atom stereocenters. The fourth-order valence-electron chi connectivity index (χ4n) is 1.44. The molecule has 2 aromatic rings. The van der Waals surface area contributed by atoms with Crippen molar-refractivity contribution in [1.82, 2.24) is 4.98 Å². The van der Waals surface area contributed by atoms with Crippen molar-refractivity contribution in [2.24, 2.45) is 0 Å². The van der Waals surface area contributed by atoms with Gasteiger partial charge in [0.2, 0.25) is 0 Å². The first-order valence-electron chi connectivity index (χ1n) is 4.27. The molecule has 14 heavy (non-hydrogen) atoms. The SMILES string of the molecule is Cc1cnc2c(C(=O)O)cccc2c1. The highest BCUT2D eigenvalue weighted by atomic mass is 16.4. The van der Waals surface area contributed by atoms with Crippen LogP contribution in [-0.2, 0) is 0 Å². The van der Waals surface area contributed by atoms with Crippen LogP contribution in [0.15, 0.2) is 30.5 Å². The standard InChI is InChI=1S/C11H9NO2/c1-7-5-8-3-2-4-9(11(13)14)10(8)12-6-7/h2-6H,1H3,(H,13,14). The number of carboxylic acid groups (broad SMARTS) is 1. The first-order valence-corrected chi connectivity index (χ1v) is 4.27. The van der Waals surface area contributed by atoms with Crippen LogP contribution < -0.4 is 0 Å². The van der Waals surface area contributed by atoms with Gasteiger partial charge in [-0.05, 0) is 24.6 Å². The van der Waals surface area contributed by atoms with E-state index < -0.39 is 5.97 Å². The summed E-state index contributed by atoms with van der Waals surface area (Å²) < 4.78 is 0. The second-order valence-corrected chi connectivity index (χ2v) is 3.20. The number of aromatic carboxylic acids is 1. The molecule has 1 N–H and O–H groups in total. The third-order valence-corrected chi connectivity index (χ3v) is 2.08. The van der Waals surface area contributed by atoms with Gasteiger partial charge in [0.25, 0.3) is 0 Å². The van der Waals surface area contributed by atoms with E-state index >= 15 is 0 Å². The first kappa shape index (κ1) is 8.69. The quantitative estimate of drug-likeness (QED) is 0.744. The molecule has 0 saturated carbocycles. The molecule has 0 spiro atoms. The van der Waals surface area contributed by atoms with Gasteiger partial charge in [-0.2, -0.15) is 0 Å². The molecule has 2 rings (SSSR count). The van der Waals surface area contributed by atoms with Crippen molar-refractivity contribution in [2.45, 2.75) is 6.92 Å². The molecule has 0 aliphatic heterocycles. The molecule has 0 amide bonds. The Bertz CT molecular complexity index is 506. The predicted octanol–water partition coefficient (Wildman–Crippen LogP) is 2.24. The van der Waals surface area contributed by atoms with E-state index in [4.69, 9.17) is 5.11 Å². The van der Waals surface area contributed by atoms with Crippen LogP contribution in [0.2, 0.25) is 0 Å². The number of benzene rings is 1. The Morgan fingerprint density at radius 1 is 1.43 bits per heavy atom. The summed E-state index contributed by atoms with van der Waals surface area (Å²) in [6.45, 7) is 1.93. The monoisotopic (exact) mass is 187 g/mol. The summed E-state index contributed by atoms with van der Waals surface area (Å²) in [5.41, 5.74) is 1.83. The van der Waals surface area contributed by atoms with Gasteiger partial charge in [0.05, 0.1) is 11.1 Å². The molecular formula is C11H9NO2. The molecular weight excluding hydrogens is 178 g/mol. The molecule has 0 saturated heterocycles. The number of fused-ring (bicyclic) bond motifs is 1. The lowest BCUT2D eigenvalue weighted by Gasteiger charge is -2.01. The average molecular weight is 187 g/mol. The molecule has 70 valence electrons. The van der Waals surface area contributed by atoms with Gasteiger partial charge < -0.3 is 5.11 Å². The first-order chi connectivity index (χ1) is 6.68. The fourth-order valence-corrected chi connectivity index (χ4v) is 1.44. The number of rotatable bonds is 1. The summed E-state index contributed by atoms with van der Waals surface area (Å²) in [6.07, 6.45) is 1.68. The lowest BCUT2D eigenvalue weighted by molar-refractivity contribution is 0.0699. The normalized spacial score (nSPS) is 10.4. The lowest BCUT2D eigenvalue weighted by Crippen LogP contribution is -1.98. The van der Waals surface area contributed by atoms with Gasteiger partial charge in [-0.25, -0.2) is 4.79 Å². The van der Waals surface area contributed by atoms with Gasteiger partial charge in [-0.3, -0.25) is 4.98 Å². The molecule has 0 aliphatic rings. The van der Waals surface area contributed by atoms with Crippen molar-refractivity contribution in [3.05, 3.63) is 41.6 Å². The van der Waals surface area contributed by atoms with Gasteiger partial charge in [-0.15, -0.1) is 0 Å². The largest absolute Gasteiger partial charge is 0.478 e. The van der Waals surface area contributed by atoms with E-state index in [1.807, 2.05) is 19.1 Å². The van der Waals surface area contributed by atoms with Crippen molar-refractivity contribution in [1.29, 1.82) is 0 Å². The minimum Gasteiger partial charge on any atom is -0.478 e. The van der Waals surface area contributed by atoms with Crippen LogP contribution in [0.3, 0.4) is 0 Å². The summed E-state index contributed by atoms with van der Waals surface area (Å²) in [5, 5.41) is 9.78. The lowest BCUT2D eigenvalue weighted by atomic mass is 10.1. The van der Waals surface area contributed by atoms with Gasteiger partial charge in [0, 0.05) is 11.6 Å². The fraction of sp³-hybridized carbons (Fsp3) is 0.0909. The Labute approximate surface area is 81.0 Å². The molecule has 0 aliphatic carbocycles. The Morgan fingerprint density at radius 3 is 2.93 bits per heavy atom. The molecule has 1 heterocycles. The molecule has 1 aromatic heterocycles. The smallest absolute Gasteiger partial charge is 0.337 e. The molecule has 1 aromatic carbocycles. The Balaban J connectivity index is 2.81. The van der Waals surface area contributed by atoms with E-state index in [0.717, 1.165) is 10.9 Å². The Hall–Kier alpha value is -1.90. The van der Waals surface area contributed by atoms with Crippen molar-refractivity contribution in [3.8, 4) is 0 Å². The highest BCUT2D eigenvalue weighted by molar-refractivity contribution is 6.01. The number of hydrogen-bond donors (Lipinski definition) is 1. The number of carboxylic acids is 1. The van der Waals surface area contributed by atoms with Crippen LogP contribution >= 0.6 is 0 Å². The van der Waals surface area contributed by atoms with Gasteiger partial charge >= 0.3 is 5.97 Å². The Morgan fingerprint density at radius 2 is 2.21 bits per heavy atom. The zero-order valence-electron chi connectivity index (χ0n) is 7.69. The van der Waals surface area contributed by atoms with Gasteiger partial charge in [0.1, 0.15) is 0 Å². The van der Waals surface area contributed by atoms with Crippen LogP contribution in [-0.4, -0.2) is 16.1 Å².